The Balaban J connectivity index is 1.16. The predicted molar refractivity (Wildman–Crippen MR) is 125 cm³/mol. The average Bonchev–Trinajstić information content (AvgIpc) is 3.40. The number of rotatable bonds is 6. The number of piperazine rings is 1. The lowest BCUT2D eigenvalue weighted by atomic mass is 10.0. The molecule has 9 nitrogen and oxygen atoms in total. The molecule has 0 aliphatic carbocycles. The molecule has 2 aliphatic heterocycles. The van der Waals surface area contributed by atoms with Crippen molar-refractivity contribution in [3.8, 4) is 0 Å². The lowest BCUT2D eigenvalue weighted by Crippen LogP contribution is -2.57. The highest BCUT2D eigenvalue weighted by molar-refractivity contribution is 5.82. The number of carbonyl (C=O) groups is 2. The highest BCUT2D eigenvalue weighted by Gasteiger charge is 2.32. The van der Waals surface area contributed by atoms with Crippen molar-refractivity contribution < 1.29 is 27.5 Å². The van der Waals surface area contributed by atoms with Crippen molar-refractivity contribution >= 4 is 12.0 Å². The Morgan fingerprint density at radius 3 is 2.31 bits per heavy atom. The van der Waals surface area contributed by atoms with Crippen molar-refractivity contribution in [2.75, 3.05) is 39.3 Å². The van der Waals surface area contributed by atoms with E-state index in [1.165, 1.54) is 12.1 Å². The van der Waals surface area contributed by atoms with Crippen LogP contribution in [-0.2, 0) is 28.7 Å². The van der Waals surface area contributed by atoms with Crippen LogP contribution in [0.5, 0.6) is 0 Å². The molecule has 196 valence electrons. The van der Waals surface area contributed by atoms with Gasteiger partial charge in [-0.15, -0.1) is 0 Å². The smallest absolute Gasteiger partial charge is 0.416 e. The van der Waals surface area contributed by atoms with E-state index in [-0.39, 0.29) is 12.5 Å². The zero-order valence-corrected chi connectivity index (χ0v) is 19.9. The van der Waals surface area contributed by atoms with Crippen LogP contribution in [0.1, 0.15) is 29.7 Å². The van der Waals surface area contributed by atoms with Gasteiger partial charge >= 0.3 is 12.3 Å². The quantitative estimate of drug-likeness (QED) is 0.620. The second kappa shape index (κ2) is 11.3. The van der Waals surface area contributed by atoms with Gasteiger partial charge in [-0.1, -0.05) is 12.1 Å². The van der Waals surface area contributed by atoms with E-state index in [2.05, 4.69) is 14.9 Å². The molecule has 0 radical (unpaired) electrons. The van der Waals surface area contributed by atoms with Crippen LogP contribution < -0.4 is 5.73 Å². The summed E-state index contributed by atoms with van der Waals surface area (Å²) in [7, 11) is 0. The minimum absolute atomic E-state index is 0.0603. The number of H-pyrrole nitrogens is 1. The van der Waals surface area contributed by atoms with Crippen molar-refractivity contribution in [2.24, 2.45) is 5.73 Å². The summed E-state index contributed by atoms with van der Waals surface area (Å²) in [5.41, 5.74) is 6.70. The molecule has 1 unspecified atom stereocenters. The fourth-order valence-corrected chi connectivity index (χ4v) is 4.70. The summed E-state index contributed by atoms with van der Waals surface area (Å²) in [6.07, 6.45) is 0.389. The third-order valence-corrected chi connectivity index (χ3v) is 6.82. The highest BCUT2D eigenvalue weighted by atomic mass is 19.4. The molecule has 0 spiro atoms. The fraction of sp³-hybridized carbons (Fsp3) is 0.542. The molecule has 4 rings (SSSR count). The van der Waals surface area contributed by atoms with Crippen LogP contribution in [0.25, 0.3) is 0 Å². The highest BCUT2D eigenvalue weighted by Crippen LogP contribution is 2.29. The van der Waals surface area contributed by atoms with Crippen LogP contribution in [0, 0.1) is 0 Å². The zero-order chi connectivity index (χ0) is 25.7. The molecule has 1 atom stereocenters. The molecule has 2 amide bonds. The number of likely N-dealkylation sites (tertiary alicyclic amines) is 1. The third-order valence-electron chi connectivity index (χ3n) is 6.82. The minimum Gasteiger partial charge on any atom is -0.445 e. The van der Waals surface area contributed by atoms with Gasteiger partial charge in [0.15, 0.2) is 0 Å². The molecule has 1 aromatic heterocycles. The number of hydrogen-bond donors (Lipinski definition) is 2. The monoisotopic (exact) mass is 508 g/mol. The maximum Gasteiger partial charge on any atom is 0.416 e. The number of carbonyl (C=O) groups excluding carboxylic acids is 2. The zero-order valence-electron chi connectivity index (χ0n) is 19.9. The summed E-state index contributed by atoms with van der Waals surface area (Å²) in [6, 6.07) is 4.31. The van der Waals surface area contributed by atoms with E-state index in [9.17, 15) is 22.8 Å². The first kappa shape index (κ1) is 26.0. The van der Waals surface area contributed by atoms with Gasteiger partial charge in [0.25, 0.3) is 0 Å². The van der Waals surface area contributed by atoms with Crippen LogP contribution in [-0.4, -0.2) is 88.0 Å². The summed E-state index contributed by atoms with van der Waals surface area (Å²) in [5.74, 6) is -0.0603. The number of ether oxygens (including phenoxy) is 1. The van der Waals surface area contributed by atoms with Gasteiger partial charge in [-0.05, 0) is 30.5 Å². The molecule has 36 heavy (non-hydrogen) atoms. The van der Waals surface area contributed by atoms with E-state index in [0.717, 1.165) is 43.8 Å². The van der Waals surface area contributed by atoms with Crippen molar-refractivity contribution in [2.45, 2.75) is 44.1 Å². The number of amides is 2. The van der Waals surface area contributed by atoms with Crippen LogP contribution in [0.2, 0.25) is 0 Å². The molecule has 2 aliphatic rings. The lowest BCUT2D eigenvalue weighted by Gasteiger charge is -2.42. The molecule has 3 heterocycles. The Morgan fingerprint density at radius 2 is 1.72 bits per heavy atom. The number of nitrogens with two attached hydrogens (primary N) is 1. The van der Waals surface area contributed by atoms with Gasteiger partial charge in [0.1, 0.15) is 6.61 Å². The van der Waals surface area contributed by atoms with Gasteiger partial charge in [0.05, 0.1) is 17.9 Å². The number of hydrogen-bond acceptors (Lipinski definition) is 6. The summed E-state index contributed by atoms with van der Waals surface area (Å²) >= 11 is 0. The second-order valence-electron chi connectivity index (χ2n) is 9.22. The van der Waals surface area contributed by atoms with Crippen molar-refractivity contribution in [1.82, 2.24) is 24.7 Å². The number of benzene rings is 1. The van der Waals surface area contributed by atoms with E-state index in [4.69, 9.17) is 10.5 Å². The molecule has 3 N–H and O–H groups in total. The molecular weight excluding hydrogens is 477 g/mol. The number of aromatic amines is 1. The Kier molecular flexibility index (Phi) is 8.14. The van der Waals surface area contributed by atoms with Crippen LogP contribution in [0.15, 0.2) is 36.8 Å². The predicted octanol–water partition coefficient (Wildman–Crippen LogP) is 2.24. The molecule has 12 heteroatoms. The standard InChI is InChI=1S/C24H31F3N6O3/c25-24(26,27)18-3-1-17(2-4-18)15-36-23(35)33-7-5-20(6-8-33)31-9-11-32(12-10-31)22(34)21(28)13-19-14-29-16-30-19/h1-4,14,16,20-21H,5-13,15,28H2,(H,29,30). The topological polar surface area (TPSA) is 108 Å². The van der Waals surface area contributed by atoms with E-state index in [1.54, 1.807) is 17.4 Å². The minimum atomic E-state index is -4.39. The van der Waals surface area contributed by atoms with Gasteiger partial charge in [-0.3, -0.25) is 9.69 Å². The lowest BCUT2D eigenvalue weighted by molar-refractivity contribution is -0.137. The van der Waals surface area contributed by atoms with Crippen molar-refractivity contribution in [3.63, 3.8) is 0 Å². The first-order valence-corrected chi connectivity index (χ1v) is 12.0. The number of imidazole rings is 1. The second-order valence-corrected chi connectivity index (χ2v) is 9.22. The Hall–Kier alpha value is -3.12. The maximum absolute atomic E-state index is 12.7. The molecule has 1 aromatic carbocycles. The number of nitrogens with zero attached hydrogens (tertiary/aromatic N) is 4. The third kappa shape index (κ3) is 6.55. The van der Waals surface area contributed by atoms with Gasteiger partial charge in [-0.25, -0.2) is 9.78 Å². The van der Waals surface area contributed by atoms with E-state index >= 15 is 0 Å². The summed E-state index contributed by atoms with van der Waals surface area (Å²) < 4.78 is 43.3. The number of piperidine rings is 1. The molecule has 2 aromatic rings. The van der Waals surface area contributed by atoms with E-state index in [0.29, 0.717) is 44.2 Å². The van der Waals surface area contributed by atoms with Gasteiger partial charge < -0.3 is 25.3 Å². The molecule has 2 saturated heterocycles. The van der Waals surface area contributed by atoms with E-state index in [1.807, 2.05) is 4.90 Å². The molecular formula is C24H31F3N6O3. The van der Waals surface area contributed by atoms with Gasteiger partial charge in [-0.2, -0.15) is 13.2 Å². The summed E-state index contributed by atoms with van der Waals surface area (Å²) in [4.78, 5) is 37.8. The van der Waals surface area contributed by atoms with Crippen LogP contribution in [0.3, 0.4) is 0 Å². The first-order chi connectivity index (χ1) is 17.2. The maximum atomic E-state index is 12.7. The summed E-state index contributed by atoms with van der Waals surface area (Å²) in [5, 5.41) is 0. The van der Waals surface area contributed by atoms with Crippen molar-refractivity contribution in [3.05, 3.63) is 53.6 Å². The number of aromatic nitrogens is 2. The number of halogens is 3. The molecule has 0 bridgehead atoms. The van der Waals surface area contributed by atoms with Crippen molar-refractivity contribution in [1.29, 1.82) is 0 Å². The largest absolute Gasteiger partial charge is 0.445 e. The number of alkyl halides is 3. The molecule has 0 saturated carbocycles. The Morgan fingerprint density at radius 1 is 1.06 bits per heavy atom. The average molecular weight is 509 g/mol. The fourth-order valence-electron chi connectivity index (χ4n) is 4.70. The van der Waals surface area contributed by atoms with Crippen LogP contribution >= 0.6 is 0 Å². The van der Waals surface area contributed by atoms with Crippen LogP contribution in [0.4, 0.5) is 18.0 Å². The van der Waals surface area contributed by atoms with Gasteiger partial charge in [0, 0.05) is 63.6 Å². The first-order valence-electron chi connectivity index (χ1n) is 12.0. The molecule has 2 fully saturated rings. The Labute approximate surface area is 207 Å². The van der Waals surface area contributed by atoms with E-state index < -0.39 is 23.9 Å². The van der Waals surface area contributed by atoms with Gasteiger partial charge in [0.2, 0.25) is 5.91 Å². The summed E-state index contributed by atoms with van der Waals surface area (Å²) in [6.45, 7) is 3.76. The normalized spacial score (nSPS) is 18.8. The number of nitrogens with one attached hydrogen (secondary N) is 1. The SMILES string of the molecule is NC(Cc1cnc[nH]1)C(=O)N1CCN(C2CCN(C(=O)OCc3ccc(C(F)(F)F)cc3)CC2)CC1. The Bertz CT molecular complexity index is 999.